The average Bonchev–Trinajstić information content (AvgIpc) is 3.74. The summed E-state index contributed by atoms with van der Waals surface area (Å²) in [7, 11) is 0. The number of nitrogens with zero attached hydrogens (tertiary/aromatic N) is 1. The second-order valence-electron chi connectivity index (χ2n) is 10.1. The molecule has 1 aromatic heterocycles. The highest BCUT2D eigenvalue weighted by Gasteiger charge is 2.26. The molecule has 1 N–H and O–H groups in total. The number of carbonyl (C=O) groups is 2. The molecular formula is C33H34N2O4. The summed E-state index contributed by atoms with van der Waals surface area (Å²) in [5.74, 6) is -0.650. The van der Waals surface area contributed by atoms with Crippen molar-refractivity contribution in [1.82, 2.24) is 4.57 Å². The molecular weight excluding hydrogens is 488 g/mol. The van der Waals surface area contributed by atoms with E-state index >= 15 is 0 Å². The van der Waals surface area contributed by atoms with Crippen LogP contribution in [0.5, 0.6) is 0 Å². The van der Waals surface area contributed by atoms with Crippen molar-refractivity contribution in [2.45, 2.75) is 40.3 Å². The smallest absolute Gasteiger partial charge is 0.310 e. The Morgan fingerprint density at radius 3 is 2.10 bits per heavy atom. The molecule has 1 aliphatic rings. The van der Waals surface area contributed by atoms with Crippen LogP contribution in [0.4, 0.5) is 0 Å². The molecule has 2 atom stereocenters. The van der Waals surface area contributed by atoms with Crippen LogP contribution < -0.4 is 0 Å². The summed E-state index contributed by atoms with van der Waals surface area (Å²) in [5, 5.41) is 9.95. The summed E-state index contributed by atoms with van der Waals surface area (Å²) in [6.45, 7) is 12.3. The lowest BCUT2D eigenvalue weighted by atomic mass is 10.0. The van der Waals surface area contributed by atoms with Gasteiger partial charge in [0.2, 0.25) is 0 Å². The maximum absolute atomic E-state index is 13.1. The van der Waals surface area contributed by atoms with E-state index in [1.54, 1.807) is 6.92 Å². The number of epoxide rings is 1. The monoisotopic (exact) mass is 522 g/mol. The van der Waals surface area contributed by atoms with Crippen molar-refractivity contribution in [2.75, 3.05) is 13.2 Å². The molecule has 0 spiro atoms. The number of ether oxygens (including phenoxy) is 2. The molecule has 0 saturated carbocycles. The summed E-state index contributed by atoms with van der Waals surface area (Å²) < 4.78 is 12.6. The van der Waals surface area contributed by atoms with E-state index in [0.29, 0.717) is 36.6 Å². The van der Waals surface area contributed by atoms with E-state index in [1.165, 1.54) is 0 Å². The van der Waals surface area contributed by atoms with Gasteiger partial charge in [-0.1, -0.05) is 49.9 Å². The quantitative estimate of drug-likeness (QED) is 0.0914. The van der Waals surface area contributed by atoms with Crippen LogP contribution in [-0.4, -0.2) is 41.3 Å². The summed E-state index contributed by atoms with van der Waals surface area (Å²) in [6.07, 6.45) is 0.0349. The Bertz CT molecular complexity index is 1580. The molecule has 3 aromatic carbocycles. The molecule has 4 aromatic rings. The number of allylic oxidation sites excluding steroid dienone is 1. The minimum Gasteiger partial charge on any atom is -0.463 e. The summed E-state index contributed by atoms with van der Waals surface area (Å²) in [5.41, 5.74) is 8.26. The fourth-order valence-electron chi connectivity index (χ4n) is 4.26. The van der Waals surface area contributed by atoms with Crippen LogP contribution in [0, 0.1) is 11.3 Å². The topological polar surface area (TPSA) is 84.7 Å². The van der Waals surface area contributed by atoms with Crippen LogP contribution in [0.3, 0.4) is 0 Å². The van der Waals surface area contributed by atoms with Gasteiger partial charge in [0.1, 0.15) is 12.7 Å². The maximum atomic E-state index is 13.1. The van der Waals surface area contributed by atoms with Crippen molar-refractivity contribution in [3.8, 4) is 0 Å². The zero-order valence-corrected chi connectivity index (χ0v) is 22.9. The van der Waals surface area contributed by atoms with Crippen LogP contribution in [0.25, 0.3) is 21.8 Å². The fourth-order valence-corrected chi connectivity index (χ4v) is 4.26. The molecule has 2 heterocycles. The molecule has 200 valence electrons. The molecule has 0 bridgehead atoms. The van der Waals surface area contributed by atoms with Crippen molar-refractivity contribution < 1.29 is 19.1 Å². The summed E-state index contributed by atoms with van der Waals surface area (Å²) >= 11 is 0. The molecule has 1 aliphatic heterocycles. The van der Waals surface area contributed by atoms with Gasteiger partial charge in [0, 0.05) is 45.2 Å². The van der Waals surface area contributed by atoms with Crippen LogP contribution in [0.1, 0.15) is 49.2 Å². The second kappa shape index (κ2) is 12.1. The zero-order valence-electron chi connectivity index (χ0n) is 22.9. The lowest BCUT2D eigenvalue weighted by Crippen LogP contribution is -2.21. The van der Waals surface area contributed by atoms with Crippen molar-refractivity contribution in [3.63, 3.8) is 0 Å². The molecule has 0 amide bonds. The zero-order chi connectivity index (χ0) is 28.1. The van der Waals surface area contributed by atoms with Crippen LogP contribution >= 0.6 is 0 Å². The van der Waals surface area contributed by atoms with E-state index in [0.717, 1.165) is 32.9 Å². The Labute approximate surface area is 229 Å². The van der Waals surface area contributed by atoms with Crippen LogP contribution in [0.2, 0.25) is 0 Å². The standard InChI is InChI=1S/C28H26N2O4.C5H8/c1-17(28(32)34-16-22-15-33-22)14-30-25-10-8-20(18(2)29)12-23(25)24-13-21(9-11-26(24)30)27(31)19-6-4-3-5-7-19;1-4-5(2)3/h3-13,17,22,29H,14-16H2,1-2H3;1H2,2-3H3. The first-order valence-corrected chi connectivity index (χ1v) is 13.0. The predicted octanol–water partition coefficient (Wildman–Crippen LogP) is 6.73. The van der Waals surface area contributed by atoms with E-state index in [4.69, 9.17) is 14.9 Å². The number of ketones is 1. The van der Waals surface area contributed by atoms with Crippen molar-refractivity contribution >= 4 is 39.3 Å². The van der Waals surface area contributed by atoms with Gasteiger partial charge in [-0.15, -0.1) is 5.73 Å². The first-order valence-electron chi connectivity index (χ1n) is 13.0. The summed E-state index contributed by atoms with van der Waals surface area (Å²) in [4.78, 5) is 25.6. The first kappa shape index (κ1) is 27.8. The molecule has 6 heteroatoms. The van der Waals surface area contributed by atoms with E-state index in [1.807, 2.05) is 87.5 Å². The largest absolute Gasteiger partial charge is 0.463 e. The minimum atomic E-state index is -0.354. The summed E-state index contributed by atoms with van der Waals surface area (Å²) in [6, 6.07) is 20.8. The maximum Gasteiger partial charge on any atom is 0.310 e. The van der Waals surface area contributed by atoms with Gasteiger partial charge in [-0.25, -0.2) is 0 Å². The molecule has 39 heavy (non-hydrogen) atoms. The number of aromatic nitrogens is 1. The van der Waals surface area contributed by atoms with Crippen LogP contribution in [-0.2, 0) is 20.8 Å². The third-order valence-electron chi connectivity index (χ3n) is 6.62. The van der Waals surface area contributed by atoms with E-state index in [9.17, 15) is 9.59 Å². The Balaban J connectivity index is 0.000000648. The average molecular weight is 523 g/mol. The third kappa shape index (κ3) is 6.61. The van der Waals surface area contributed by atoms with Crippen LogP contribution in [0.15, 0.2) is 84.6 Å². The molecule has 0 aliphatic carbocycles. The molecule has 5 rings (SSSR count). The molecule has 1 fully saturated rings. The number of hydrogen-bond acceptors (Lipinski definition) is 5. The lowest BCUT2D eigenvalue weighted by Gasteiger charge is -2.14. The Hall–Kier alpha value is -4.25. The molecule has 2 unspecified atom stereocenters. The highest BCUT2D eigenvalue weighted by molar-refractivity contribution is 6.15. The second-order valence-corrected chi connectivity index (χ2v) is 10.1. The van der Waals surface area contributed by atoms with Gasteiger partial charge < -0.3 is 19.5 Å². The van der Waals surface area contributed by atoms with Gasteiger partial charge in [-0.2, -0.15) is 0 Å². The Morgan fingerprint density at radius 2 is 1.56 bits per heavy atom. The van der Waals surface area contributed by atoms with E-state index < -0.39 is 0 Å². The normalized spacial score (nSPS) is 14.6. The van der Waals surface area contributed by atoms with Gasteiger partial charge in [0.25, 0.3) is 0 Å². The molecule has 0 radical (unpaired) electrons. The number of carbonyl (C=O) groups excluding carboxylic acids is 2. The minimum absolute atomic E-state index is 0.0349. The highest BCUT2D eigenvalue weighted by Crippen LogP contribution is 2.32. The third-order valence-corrected chi connectivity index (χ3v) is 6.62. The Kier molecular flexibility index (Phi) is 8.60. The number of fused-ring (bicyclic) bond motifs is 3. The van der Waals surface area contributed by atoms with Gasteiger partial charge in [-0.05, 0) is 62.2 Å². The SMILES string of the molecule is C=C=C(C)C.CC(=N)c1ccc2c(c1)c1cc(C(=O)c3ccccc3)ccc1n2CC(C)C(=O)OCC1CO1. The van der Waals surface area contributed by atoms with Gasteiger partial charge >= 0.3 is 5.97 Å². The number of benzene rings is 3. The number of nitrogens with one attached hydrogen (secondary N) is 1. The number of esters is 1. The highest BCUT2D eigenvalue weighted by atomic mass is 16.6. The van der Waals surface area contributed by atoms with Crippen molar-refractivity contribution in [2.24, 2.45) is 5.92 Å². The van der Waals surface area contributed by atoms with Crippen molar-refractivity contribution in [3.05, 3.63) is 101 Å². The number of hydrogen-bond donors (Lipinski definition) is 1. The molecule has 6 nitrogen and oxygen atoms in total. The number of rotatable bonds is 8. The lowest BCUT2D eigenvalue weighted by molar-refractivity contribution is -0.148. The Morgan fingerprint density at radius 1 is 1.00 bits per heavy atom. The van der Waals surface area contributed by atoms with Gasteiger partial charge in [-0.3, -0.25) is 9.59 Å². The van der Waals surface area contributed by atoms with E-state index in [2.05, 4.69) is 16.9 Å². The van der Waals surface area contributed by atoms with Crippen molar-refractivity contribution in [1.29, 1.82) is 5.41 Å². The predicted molar refractivity (Wildman–Crippen MR) is 156 cm³/mol. The van der Waals surface area contributed by atoms with Gasteiger partial charge in [0.15, 0.2) is 5.78 Å². The van der Waals surface area contributed by atoms with E-state index in [-0.39, 0.29) is 23.8 Å². The molecule has 1 saturated heterocycles. The first-order chi connectivity index (χ1) is 18.7. The van der Waals surface area contributed by atoms with Gasteiger partial charge in [0.05, 0.1) is 12.5 Å². The fraction of sp³-hybridized carbons (Fsp3) is 0.273.